The van der Waals surface area contributed by atoms with Gasteiger partial charge in [-0.05, 0) is 71.0 Å². The molecule has 164 valence electrons. The molecule has 1 aromatic carbocycles. The van der Waals surface area contributed by atoms with Crippen LogP contribution in [0.3, 0.4) is 0 Å². The smallest absolute Gasteiger partial charge is 0.231 e. The molecule has 1 aliphatic heterocycles. The van der Waals surface area contributed by atoms with Crippen molar-refractivity contribution >= 4 is 28.5 Å². The lowest BCUT2D eigenvalue weighted by molar-refractivity contribution is 0.238. The van der Waals surface area contributed by atoms with Gasteiger partial charge in [0, 0.05) is 25.0 Å². The lowest BCUT2D eigenvalue weighted by atomic mass is 10.2. The summed E-state index contributed by atoms with van der Waals surface area (Å²) in [5.74, 6) is 2.12. The van der Waals surface area contributed by atoms with Gasteiger partial charge >= 0.3 is 0 Å². The van der Waals surface area contributed by atoms with Crippen LogP contribution in [0.15, 0.2) is 41.7 Å². The third kappa shape index (κ3) is 5.14. The van der Waals surface area contributed by atoms with Crippen LogP contribution in [0.4, 0.5) is 17.5 Å². The lowest BCUT2D eigenvalue weighted by Gasteiger charge is -2.15. The van der Waals surface area contributed by atoms with Crippen LogP contribution >= 0.6 is 0 Å². The molecule has 2 N–H and O–H groups in total. The van der Waals surface area contributed by atoms with Crippen molar-refractivity contribution in [1.82, 2.24) is 24.6 Å². The molecule has 1 aliphatic rings. The van der Waals surface area contributed by atoms with E-state index in [1.807, 2.05) is 38.2 Å². The van der Waals surface area contributed by atoms with Crippen molar-refractivity contribution in [3.63, 3.8) is 0 Å². The molecular formula is C23H31N7O. The van der Waals surface area contributed by atoms with Crippen LogP contribution in [-0.2, 0) is 7.05 Å². The molecule has 3 heterocycles. The van der Waals surface area contributed by atoms with Crippen LogP contribution < -0.4 is 15.4 Å². The number of ether oxygens (including phenoxy) is 1. The molecule has 4 rings (SSSR count). The van der Waals surface area contributed by atoms with E-state index in [4.69, 9.17) is 9.72 Å². The Bertz CT molecular complexity index is 1060. The second-order valence-corrected chi connectivity index (χ2v) is 8.20. The SMILES string of the molecule is CC(C)=C(C)Nc1nc(Nc2ccc(OCCN3CCCC3)cc2)nc2c1cnn2C. The molecule has 2 aromatic heterocycles. The first-order valence-corrected chi connectivity index (χ1v) is 10.8. The molecule has 0 amide bonds. The molecule has 0 spiro atoms. The van der Waals surface area contributed by atoms with Gasteiger partial charge in [-0.3, -0.25) is 9.58 Å². The second kappa shape index (κ2) is 9.34. The maximum atomic E-state index is 5.89. The number of fused-ring (bicyclic) bond motifs is 1. The van der Waals surface area contributed by atoms with Gasteiger partial charge in [0.05, 0.1) is 11.6 Å². The Morgan fingerprint density at radius 2 is 1.81 bits per heavy atom. The van der Waals surface area contributed by atoms with Gasteiger partial charge in [-0.15, -0.1) is 0 Å². The molecule has 0 aliphatic carbocycles. The van der Waals surface area contributed by atoms with E-state index in [2.05, 4.69) is 39.5 Å². The fraction of sp³-hybridized carbons (Fsp3) is 0.435. The molecule has 8 heteroatoms. The first-order chi connectivity index (χ1) is 15.0. The van der Waals surface area contributed by atoms with Gasteiger partial charge in [0.1, 0.15) is 18.2 Å². The van der Waals surface area contributed by atoms with E-state index in [1.165, 1.54) is 31.5 Å². The summed E-state index contributed by atoms with van der Waals surface area (Å²) in [6.45, 7) is 10.3. The molecule has 3 aromatic rings. The van der Waals surface area contributed by atoms with Crippen molar-refractivity contribution < 1.29 is 4.74 Å². The highest BCUT2D eigenvalue weighted by Gasteiger charge is 2.13. The summed E-state index contributed by atoms with van der Waals surface area (Å²) in [6, 6.07) is 7.91. The Morgan fingerprint density at radius 3 is 2.52 bits per heavy atom. The number of allylic oxidation sites excluding steroid dienone is 2. The number of hydrogen-bond acceptors (Lipinski definition) is 7. The van der Waals surface area contributed by atoms with E-state index >= 15 is 0 Å². The van der Waals surface area contributed by atoms with E-state index in [0.717, 1.165) is 40.5 Å². The summed E-state index contributed by atoms with van der Waals surface area (Å²) >= 11 is 0. The average molecular weight is 422 g/mol. The Labute approximate surface area is 183 Å². The topological polar surface area (TPSA) is 80.1 Å². The first-order valence-electron chi connectivity index (χ1n) is 10.8. The molecule has 0 bridgehead atoms. The third-order valence-electron chi connectivity index (χ3n) is 5.63. The highest BCUT2D eigenvalue weighted by atomic mass is 16.5. The zero-order valence-corrected chi connectivity index (χ0v) is 18.8. The van der Waals surface area contributed by atoms with E-state index in [1.54, 1.807) is 10.9 Å². The molecule has 1 saturated heterocycles. The van der Waals surface area contributed by atoms with Gasteiger partial charge in [-0.2, -0.15) is 15.1 Å². The molecule has 0 unspecified atom stereocenters. The molecule has 1 fully saturated rings. The number of nitrogens with zero attached hydrogens (tertiary/aromatic N) is 5. The van der Waals surface area contributed by atoms with Crippen molar-refractivity contribution in [2.75, 3.05) is 36.9 Å². The molecule has 0 atom stereocenters. The number of hydrogen-bond donors (Lipinski definition) is 2. The fourth-order valence-electron chi connectivity index (χ4n) is 3.54. The Hall–Kier alpha value is -3.13. The minimum absolute atomic E-state index is 0.517. The normalized spacial score (nSPS) is 14.1. The predicted octanol–water partition coefficient (Wildman–Crippen LogP) is 4.31. The van der Waals surface area contributed by atoms with E-state index in [0.29, 0.717) is 12.6 Å². The van der Waals surface area contributed by atoms with E-state index in [9.17, 15) is 0 Å². The Balaban J connectivity index is 1.46. The zero-order valence-electron chi connectivity index (χ0n) is 18.8. The molecular weight excluding hydrogens is 390 g/mol. The maximum absolute atomic E-state index is 5.89. The summed E-state index contributed by atoms with van der Waals surface area (Å²) in [5.41, 5.74) is 3.93. The van der Waals surface area contributed by atoms with Gasteiger partial charge in [-0.1, -0.05) is 5.57 Å². The van der Waals surface area contributed by atoms with Crippen LogP contribution in [0.2, 0.25) is 0 Å². The van der Waals surface area contributed by atoms with Crippen LogP contribution in [0.5, 0.6) is 5.75 Å². The number of likely N-dealkylation sites (tertiary alicyclic amines) is 1. The Kier molecular flexibility index (Phi) is 6.36. The summed E-state index contributed by atoms with van der Waals surface area (Å²) in [7, 11) is 1.88. The van der Waals surface area contributed by atoms with Crippen molar-refractivity contribution in [2.24, 2.45) is 7.05 Å². The highest BCUT2D eigenvalue weighted by molar-refractivity contribution is 5.88. The average Bonchev–Trinajstić information content (AvgIpc) is 3.40. The lowest BCUT2D eigenvalue weighted by Crippen LogP contribution is -2.25. The van der Waals surface area contributed by atoms with Gasteiger partial charge in [-0.25, -0.2) is 0 Å². The minimum Gasteiger partial charge on any atom is -0.492 e. The van der Waals surface area contributed by atoms with Gasteiger partial charge < -0.3 is 15.4 Å². The number of anilines is 3. The number of nitrogens with one attached hydrogen (secondary N) is 2. The molecule has 0 radical (unpaired) electrons. The number of rotatable bonds is 8. The summed E-state index contributed by atoms with van der Waals surface area (Å²) in [5, 5.41) is 11.9. The minimum atomic E-state index is 0.517. The maximum Gasteiger partial charge on any atom is 0.231 e. The van der Waals surface area contributed by atoms with Crippen molar-refractivity contribution in [3.05, 3.63) is 41.7 Å². The van der Waals surface area contributed by atoms with Gasteiger partial charge in [0.2, 0.25) is 5.95 Å². The van der Waals surface area contributed by atoms with Gasteiger partial charge in [0.15, 0.2) is 5.65 Å². The fourth-order valence-corrected chi connectivity index (χ4v) is 3.54. The van der Waals surface area contributed by atoms with Crippen LogP contribution in [-0.4, -0.2) is 50.9 Å². The van der Waals surface area contributed by atoms with Crippen LogP contribution in [0.25, 0.3) is 11.0 Å². The van der Waals surface area contributed by atoms with Crippen molar-refractivity contribution in [2.45, 2.75) is 33.6 Å². The molecule has 8 nitrogen and oxygen atoms in total. The zero-order chi connectivity index (χ0) is 21.8. The molecule has 0 saturated carbocycles. The van der Waals surface area contributed by atoms with Gasteiger partial charge in [0.25, 0.3) is 0 Å². The Morgan fingerprint density at radius 1 is 1.06 bits per heavy atom. The van der Waals surface area contributed by atoms with Crippen LogP contribution in [0, 0.1) is 0 Å². The predicted molar refractivity (Wildman–Crippen MR) is 125 cm³/mol. The largest absolute Gasteiger partial charge is 0.492 e. The third-order valence-corrected chi connectivity index (χ3v) is 5.63. The summed E-state index contributed by atoms with van der Waals surface area (Å²) in [4.78, 5) is 11.8. The summed E-state index contributed by atoms with van der Waals surface area (Å²) < 4.78 is 7.65. The highest BCUT2D eigenvalue weighted by Crippen LogP contribution is 2.25. The van der Waals surface area contributed by atoms with E-state index < -0.39 is 0 Å². The first kappa shape index (κ1) is 21.1. The second-order valence-electron chi connectivity index (χ2n) is 8.20. The van der Waals surface area contributed by atoms with Crippen LogP contribution in [0.1, 0.15) is 33.6 Å². The van der Waals surface area contributed by atoms with E-state index in [-0.39, 0.29) is 0 Å². The summed E-state index contributed by atoms with van der Waals surface area (Å²) in [6.07, 6.45) is 4.39. The standard InChI is InChI=1S/C23H31N7O/c1-16(2)17(3)25-21-20-15-24-29(4)22(20)28-23(27-21)26-18-7-9-19(10-8-18)31-14-13-30-11-5-6-12-30/h7-10,15H,5-6,11-14H2,1-4H3,(H2,25,26,27,28). The monoisotopic (exact) mass is 421 g/mol. The number of aryl methyl sites for hydroxylation is 1. The van der Waals surface area contributed by atoms with Crippen molar-refractivity contribution in [1.29, 1.82) is 0 Å². The quantitative estimate of drug-likeness (QED) is 0.561. The van der Waals surface area contributed by atoms with Crippen molar-refractivity contribution in [3.8, 4) is 5.75 Å². The molecule has 31 heavy (non-hydrogen) atoms. The number of benzene rings is 1. The number of aromatic nitrogens is 4.